The highest BCUT2D eigenvalue weighted by Crippen LogP contribution is 2.25. The number of nitrogens with one attached hydrogen (secondary N) is 1. The summed E-state index contributed by atoms with van der Waals surface area (Å²) in [6, 6.07) is 16.9. The van der Waals surface area contributed by atoms with Gasteiger partial charge in [0.25, 0.3) is 0 Å². The highest BCUT2D eigenvalue weighted by Gasteiger charge is 2.29. The van der Waals surface area contributed by atoms with Gasteiger partial charge >= 0.3 is 18.1 Å². The predicted molar refractivity (Wildman–Crippen MR) is 144 cm³/mol. The molecule has 10 nitrogen and oxygen atoms in total. The lowest BCUT2D eigenvalue weighted by Crippen LogP contribution is -2.54. The molecular weight excluding hydrogens is 486 g/mol. The summed E-state index contributed by atoms with van der Waals surface area (Å²) < 4.78 is 10.00. The van der Waals surface area contributed by atoms with E-state index in [4.69, 9.17) is 15.2 Å². The third-order valence-corrected chi connectivity index (χ3v) is 7.10. The van der Waals surface area contributed by atoms with Crippen molar-refractivity contribution in [1.82, 2.24) is 10.2 Å². The van der Waals surface area contributed by atoms with Crippen molar-refractivity contribution in [3.05, 3.63) is 65.7 Å². The van der Waals surface area contributed by atoms with E-state index in [1.165, 1.54) is 7.11 Å². The number of carbonyl (C=O) groups excluding carboxylic acids is 3. The average molecular weight is 522 g/mol. The molecule has 2 aromatic carbocycles. The zero-order valence-electron chi connectivity index (χ0n) is 21.7. The Kier molecular flexibility index (Phi) is 9.18. The number of aliphatic imine (C=N–C) groups is 1. The Morgan fingerprint density at radius 3 is 2.24 bits per heavy atom. The normalized spacial score (nSPS) is 20.0. The molecule has 0 spiro atoms. The van der Waals surface area contributed by atoms with Crippen molar-refractivity contribution < 1.29 is 23.9 Å². The van der Waals surface area contributed by atoms with Crippen molar-refractivity contribution >= 4 is 29.6 Å². The number of ether oxygens (including phenoxy) is 2. The first-order valence-electron chi connectivity index (χ1n) is 13.0. The standard InChI is InChI=1S/C28H35N5O5/c1-37-26(34)22-7-11-23(12-8-22)30-27(35)33-17-15-32(16-18-33)24-13-9-21(10-14-24)25(29)31-28(36)38-19-20-5-3-2-4-6-20/h2-6,9-10,13-14,22-23H,7-8,11-12,15-19H2,1H3,(H,30,35)(H2,29,31,36). The molecule has 2 fully saturated rings. The van der Waals surface area contributed by atoms with E-state index < -0.39 is 6.09 Å². The third kappa shape index (κ3) is 7.24. The molecule has 1 aliphatic heterocycles. The third-order valence-electron chi connectivity index (χ3n) is 7.10. The molecule has 1 aliphatic carbocycles. The van der Waals surface area contributed by atoms with Crippen LogP contribution in [0.25, 0.3) is 0 Å². The van der Waals surface area contributed by atoms with Gasteiger partial charge in [-0.2, -0.15) is 4.99 Å². The first-order chi connectivity index (χ1) is 18.4. The molecule has 4 rings (SSSR count). The number of anilines is 1. The summed E-state index contributed by atoms with van der Waals surface area (Å²) in [5.74, 6) is -0.120. The highest BCUT2D eigenvalue weighted by atomic mass is 16.5. The number of carbonyl (C=O) groups is 3. The quantitative estimate of drug-likeness (QED) is 0.339. The molecule has 3 N–H and O–H groups in total. The van der Waals surface area contributed by atoms with Crippen molar-refractivity contribution in [1.29, 1.82) is 0 Å². The number of esters is 1. The van der Waals surface area contributed by atoms with Gasteiger partial charge < -0.3 is 30.3 Å². The first-order valence-corrected chi connectivity index (χ1v) is 13.0. The lowest BCUT2D eigenvalue weighted by atomic mass is 9.86. The molecule has 0 aromatic heterocycles. The van der Waals surface area contributed by atoms with E-state index in [0.717, 1.165) is 36.9 Å². The van der Waals surface area contributed by atoms with E-state index in [1.807, 2.05) is 59.5 Å². The number of hydrogen-bond donors (Lipinski definition) is 2. The van der Waals surface area contributed by atoms with E-state index in [2.05, 4.69) is 15.2 Å². The van der Waals surface area contributed by atoms with Crippen LogP contribution in [-0.4, -0.2) is 68.2 Å². The number of nitrogens with two attached hydrogens (primary N) is 1. The van der Waals surface area contributed by atoms with E-state index in [0.29, 0.717) is 31.7 Å². The number of benzene rings is 2. The van der Waals surface area contributed by atoms with Crippen LogP contribution < -0.4 is 16.0 Å². The molecule has 10 heteroatoms. The fraction of sp³-hybridized carbons (Fsp3) is 0.429. The minimum Gasteiger partial charge on any atom is -0.469 e. The zero-order chi connectivity index (χ0) is 26.9. The van der Waals surface area contributed by atoms with Gasteiger partial charge in [0.2, 0.25) is 0 Å². The van der Waals surface area contributed by atoms with Crippen LogP contribution in [0.2, 0.25) is 0 Å². The summed E-state index contributed by atoms with van der Waals surface area (Å²) in [4.78, 5) is 44.4. The highest BCUT2D eigenvalue weighted by molar-refractivity contribution is 6.02. The number of urea groups is 1. The summed E-state index contributed by atoms with van der Waals surface area (Å²) >= 11 is 0. The maximum absolute atomic E-state index is 12.8. The van der Waals surface area contributed by atoms with Crippen molar-refractivity contribution in [3.63, 3.8) is 0 Å². The van der Waals surface area contributed by atoms with Crippen molar-refractivity contribution in [3.8, 4) is 0 Å². The Hall–Kier alpha value is -4.08. The smallest absolute Gasteiger partial charge is 0.435 e. The maximum atomic E-state index is 12.8. The fourth-order valence-electron chi connectivity index (χ4n) is 4.83. The second kappa shape index (κ2) is 12.9. The van der Waals surface area contributed by atoms with Crippen LogP contribution in [0.3, 0.4) is 0 Å². The van der Waals surface area contributed by atoms with Crippen LogP contribution in [0.15, 0.2) is 59.6 Å². The molecule has 1 heterocycles. The summed E-state index contributed by atoms with van der Waals surface area (Å²) in [5, 5.41) is 3.13. The first kappa shape index (κ1) is 27.0. The topological polar surface area (TPSA) is 127 Å². The van der Waals surface area contributed by atoms with Crippen LogP contribution in [0.5, 0.6) is 0 Å². The fourth-order valence-corrected chi connectivity index (χ4v) is 4.83. The SMILES string of the molecule is COC(=O)C1CCC(NC(=O)N2CCN(c3ccc(C(N)=NC(=O)OCc4ccccc4)cc3)CC2)CC1. The Morgan fingerprint density at radius 1 is 0.947 bits per heavy atom. The number of piperazine rings is 1. The van der Waals surface area contributed by atoms with E-state index >= 15 is 0 Å². The lowest BCUT2D eigenvalue weighted by Gasteiger charge is -2.37. The second-order valence-electron chi connectivity index (χ2n) is 9.58. The Labute approximate surface area is 222 Å². The molecule has 0 bridgehead atoms. The van der Waals surface area contributed by atoms with Crippen molar-refractivity contribution in [2.75, 3.05) is 38.2 Å². The van der Waals surface area contributed by atoms with Gasteiger partial charge in [-0.25, -0.2) is 9.59 Å². The zero-order valence-corrected chi connectivity index (χ0v) is 21.7. The van der Waals surface area contributed by atoms with Gasteiger partial charge in [-0.15, -0.1) is 0 Å². The van der Waals surface area contributed by atoms with Gasteiger partial charge in [0.15, 0.2) is 0 Å². The van der Waals surface area contributed by atoms with Crippen LogP contribution in [-0.2, 0) is 20.9 Å². The number of amidine groups is 1. The predicted octanol–water partition coefficient (Wildman–Crippen LogP) is 3.29. The van der Waals surface area contributed by atoms with Crippen molar-refractivity contribution in [2.45, 2.75) is 38.3 Å². The summed E-state index contributed by atoms with van der Waals surface area (Å²) in [6.07, 6.45) is 2.32. The number of nitrogens with zero attached hydrogens (tertiary/aromatic N) is 3. The lowest BCUT2D eigenvalue weighted by molar-refractivity contribution is -0.146. The van der Waals surface area contributed by atoms with Gasteiger partial charge in [0, 0.05) is 43.5 Å². The van der Waals surface area contributed by atoms with Gasteiger partial charge in [0.05, 0.1) is 13.0 Å². The van der Waals surface area contributed by atoms with Gasteiger partial charge in [-0.3, -0.25) is 4.79 Å². The molecular formula is C28H35N5O5. The van der Waals surface area contributed by atoms with Crippen LogP contribution in [0.1, 0.15) is 36.8 Å². The van der Waals surface area contributed by atoms with Gasteiger partial charge in [-0.05, 0) is 55.5 Å². The maximum Gasteiger partial charge on any atom is 0.435 e. The summed E-state index contributed by atoms with van der Waals surface area (Å²) in [5.41, 5.74) is 8.53. The molecule has 38 heavy (non-hydrogen) atoms. The van der Waals surface area contributed by atoms with E-state index in [-0.39, 0.29) is 36.4 Å². The molecule has 1 saturated heterocycles. The van der Waals surface area contributed by atoms with Crippen LogP contribution >= 0.6 is 0 Å². The Balaban J connectivity index is 1.21. The van der Waals surface area contributed by atoms with E-state index in [9.17, 15) is 14.4 Å². The van der Waals surface area contributed by atoms with Crippen LogP contribution in [0, 0.1) is 5.92 Å². The Bertz CT molecular complexity index is 1120. The number of amides is 3. The van der Waals surface area contributed by atoms with Crippen LogP contribution in [0.4, 0.5) is 15.3 Å². The van der Waals surface area contributed by atoms with Gasteiger partial charge in [0.1, 0.15) is 12.4 Å². The van der Waals surface area contributed by atoms with E-state index in [1.54, 1.807) is 0 Å². The molecule has 1 saturated carbocycles. The molecule has 2 aromatic rings. The minimum atomic E-state index is -0.735. The monoisotopic (exact) mass is 521 g/mol. The second-order valence-corrected chi connectivity index (χ2v) is 9.58. The molecule has 3 amide bonds. The number of rotatable bonds is 6. The minimum absolute atomic E-state index is 0.0512. The molecule has 0 atom stereocenters. The average Bonchev–Trinajstić information content (AvgIpc) is 2.96. The molecule has 2 aliphatic rings. The number of hydrogen-bond acceptors (Lipinski definition) is 6. The van der Waals surface area contributed by atoms with Gasteiger partial charge in [-0.1, -0.05) is 30.3 Å². The summed E-state index contributed by atoms with van der Waals surface area (Å²) in [6.45, 7) is 2.77. The largest absolute Gasteiger partial charge is 0.469 e. The molecule has 202 valence electrons. The van der Waals surface area contributed by atoms with Crippen molar-refractivity contribution in [2.24, 2.45) is 16.6 Å². The summed E-state index contributed by atoms with van der Waals surface area (Å²) in [7, 11) is 1.42. The molecule has 0 unspecified atom stereocenters. The number of methoxy groups -OCH3 is 1. The Morgan fingerprint density at radius 2 is 1.61 bits per heavy atom. The molecule has 0 radical (unpaired) electrons.